The van der Waals surface area contributed by atoms with Gasteiger partial charge in [0.15, 0.2) is 11.5 Å². The average Bonchev–Trinajstić information content (AvgIpc) is 3.24. The van der Waals surface area contributed by atoms with Crippen LogP contribution in [0.15, 0.2) is 59.5 Å². The first-order chi connectivity index (χ1) is 18.1. The molecule has 198 valence electrons. The molecule has 0 spiro atoms. The Morgan fingerprint density at radius 1 is 0.868 bits per heavy atom. The highest BCUT2D eigenvalue weighted by atomic mass is 32.2. The molecule has 3 aromatic carbocycles. The highest BCUT2D eigenvalue weighted by molar-refractivity contribution is 7.89. The van der Waals surface area contributed by atoms with Gasteiger partial charge in [0.1, 0.15) is 19.3 Å². The van der Waals surface area contributed by atoms with Crippen molar-refractivity contribution in [2.24, 2.45) is 5.92 Å². The molecule has 0 fully saturated rings. The Hall–Kier alpha value is -3.87. The number of hydrogen-bond acceptors (Lipinski definition) is 7. The Kier molecular flexibility index (Phi) is 6.86. The van der Waals surface area contributed by atoms with Crippen LogP contribution in [-0.4, -0.2) is 44.8 Å². The number of nitrogens with one attached hydrogen (secondary N) is 3. The lowest BCUT2D eigenvalue weighted by atomic mass is 10.1. The molecule has 0 saturated heterocycles. The predicted octanol–water partition coefficient (Wildman–Crippen LogP) is 4.86. The van der Waals surface area contributed by atoms with Crippen LogP contribution in [0.3, 0.4) is 0 Å². The Balaban J connectivity index is 1.35. The van der Waals surface area contributed by atoms with Crippen LogP contribution in [0.4, 0.5) is 16.2 Å². The van der Waals surface area contributed by atoms with Crippen LogP contribution in [0.5, 0.6) is 11.5 Å². The van der Waals surface area contributed by atoms with Gasteiger partial charge >= 0.3 is 12.0 Å². The van der Waals surface area contributed by atoms with Crippen molar-refractivity contribution in [1.29, 1.82) is 0 Å². The molecule has 5 rings (SSSR count). The number of thiophene rings is 1. The van der Waals surface area contributed by atoms with Crippen LogP contribution in [0.2, 0.25) is 0 Å². The minimum Gasteiger partial charge on any atom is -0.486 e. The summed E-state index contributed by atoms with van der Waals surface area (Å²) in [4.78, 5) is 24.1. The third-order valence-electron chi connectivity index (χ3n) is 6.03. The van der Waals surface area contributed by atoms with Crippen molar-refractivity contribution in [3.8, 4) is 11.5 Å². The van der Waals surface area contributed by atoms with Gasteiger partial charge in [-0.15, -0.1) is 11.3 Å². The summed E-state index contributed by atoms with van der Waals surface area (Å²) in [5.74, 6) is -0.455. The number of amides is 2. The smallest absolute Gasteiger partial charge is 0.323 e. The van der Waals surface area contributed by atoms with Gasteiger partial charge in [0.05, 0.1) is 4.90 Å². The van der Waals surface area contributed by atoms with Crippen molar-refractivity contribution in [1.82, 2.24) is 4.72 Å². The van der Waals surface area contributed by atoms with Crippen LogP contribution in [0.1, 0.15) is 13.8 Å². The molecular weight excluding hydrogens is 530 g/mol. The molecule has 10 nitrogen and oxygen atoms in total. The number of anilines is 2. The maximum atomic E-state index is 12.9. The number of urea groups is 1. The minimum absolute atomic E-state index is 0.0133. The van der Waals surface area contributed by atoms with Gasteiger partial charge in [-0.05, 0) is 42.3 Å². The standard InChI is InChI=1S/C26H25N3O7S2/c1-14(2)24(25(30)31)29-38(33,34)17-5-7-19-18-6-3-16(12-22(18)37-23(19)13-17)28-26(32)27-15-4-8-20-21(11-15)36-10-9-35-20/h3-8,11-14,24,29H,9-10H2,1-2H3,(H,30,31)(H2,27,28,32)/t24-/m1/s1. The molecule has 0 bridgehead atoms. The van der Waals surface area contributed by atoms with Crippen molar-refractivity contribution in [3.05, 3.63) is 54.6 Å². The number of carbonyl (C=O) groups excluding carboxylic acids is 1. The largest absolute Gasteiger partial charge is 0.486 e. The number of carbonyl (C=O) groups is 2. The molecule has 1 aliphatic heterocycles. The summed E-state index contributed by atoms with van der Waals surface area (Å²) >= 11 is 1.37. The van der Waals surface area contributed by atoms with E-state index in [1.807, 2.05) is 12.1 Å². The second-order valence-electron chi connectivity index (χ2n) is 9.09. The number of fused-ring (bicyclic) bond motifs is 4. The van der Waals surface area contributed by atoms with Gasteiger partial charge in [-0.25, -0.2) is 13.2 Å². The zero-order valence-corrected chi connectivity index (χ0v) is 22.1. The van der Waals surface area contributed by atoms with E-state index in [1.54, 1.807) is 44.2 Å². The number of benzene rings is 3. The zero-order valence-electron chi connectivity index (χ0n) is 20.5. The zero-order chi connectivity index (χ0) is 27.0. The van der Waals surface area contributed by atoms with Crippen LogP contribution in [0.25, 0.3) is 20.2 Å². The number of carboxylic acids is 1. The first kappa shape index (κ1) is 25.8. The first-order valence-electron chi connectivity index (χ1n) is 11.8. The SMILES string of the molecule is CC(C)[C@@H](NS(=O)(=O)c1ccc2c(c1)sc1cc(NC(=O)Nc3ccc4c(c3)OCCO4)ccc12)C(=O)O. The maximum absolute atomic E-state index is 12.9. The molecule has 1 aliphatic rings. The molecule has 0 saturated carbocycles. The summed E-state index contributed by atoms with van der Waals surface area (Å²) in [6, 6.07) is 13.6. The molecular formula is C26H25N3O7S2. The van der Waals surface area contributed by atoms with Crippen molar-refractivity contribution in [2.45, 2.75) is 24.8 Å². The molecule has 12 heteroatoms. The monoisotopic (exact) mass is 555 g/mol. The number of rotatable bonds is 7. The fraction of sp³-hybridized carbons (Fsp3) is 0.231. The third-order valence-corrected chi connectivity index (χ3v) is 8.58. The molecule has 0 aliphatic carbocycles. The van der Waals surface area contributed by atoms with E-state index in [9.17, 15) is 23.1 Å². The van der Waals surface area contributed by atoms with Gasteiger partial charge in [-0.1, -0.05) is 26.0 Å². The van der Waals surface area contributed by atoms with Crippen LogP contribution < -0.4 is 24.8 Å². The number of carboxylic acid groups (broad SMARTS) is 1. The van der Waals surface area contributed by atoms with Crippen molar-refractivity contribution >= 4 is 64.9 Å². The van der Waals surface area contributed by atoms with Crippen LogP contribution >= 0.6 is 11.3 Å². The first-order valence-corrected chi connectivity index (χ1v) is 14.1. The van der Waals surface area contributed by atoms with Gasteiger partial charge in [0.2, 0.25) is 10.0 Å². The van der Waals surface area contributed by atoms with Crippen LogP contribution in [0, 0.1) is 5.92 Å². The lowest BCUT2D eigenvalue weighted by molar-refractivity contribution is -0.140. The van der Waals surface area contributed by atoms with Gasteiger partial charge in [-0.3, -0.25) is 4.79 Å². The van der Waals surface area contributed by atoms with E-state index in [-0.39, 0.29) is 4.90 Å². The summed E-state index contributed by atoms with van der Waals surface area (Å²) < 4.78 is 40.6. The normalized spacial score (nSPS) is 14.0. The van der Waals surface area contributed by atoms with E-state index in [2.05, 4.69) is 15.4 Å². The summed E-state index contributed by atoms with van der Waals surface area (Å²) in [5.41, 5.74) is 1.12. The maximum Gasteiger partial charge on any atom is 0.323 e. The Labute approximate surface area is 222 Å². The van der Waals surface area contributed by atoms with Gasteiger partial charge in [0.25, 0.3) is 0 Å². The van der Waals surface area contributed by atoms with E-state index in [4.69, 9.17) is 9.47 Å². The van der Waals surface area contributed by atoms with Crippen molar-refractivity contribution in [3.63, 3.8) is 0 Å². The van der Waals surface area contributed by atoms with Crippen LogP contribution in [-0.2, 0) is 14.8 Å². The number of sulfonamides is 1. The van der Waals surface area contributed by atoms with Gasteiger partial charge < -0.3 is 25.2 Å². The average molecular weight is 556 g/mol. The van der Waals surface area contributed by atoms with E-state index < -0.39 is 34.0 Å². The second kappa shape index (κ2) is 10.1. The molecule has 1 aromatic heterocycles. The molecule has 4 N–H and O–H groups in total. The molecule has 4 aromatic rings. The third kappa shape index (κ3) is 5.23. The van der Waals surface area contributed by atoms with Crippen molar-refractivity contribution in [2.75, 3.05) is 23.8 Å². The molecule has 2 heterocycles. The lowest BCUT2D eigenvalue weighted by Gasteiger charge is -2.19. The van der Waals surface area contributed by atoms with E-state index in [1.165, 1.54) is 23.5 Å². The summed E-state index contributed by atoms with van der Waals surface area (Å²) in [6.45, 7) is 4.21. The number of hydrogen-bond donors (Lipinski definition) is 4. The molecule has 2 amide bonds. The highest BCUT2D eigenvalue weighted by Gasteiger charge is 2.28. The molecule has 0 radical (unpaired) electrons. The second-order valence-corrected chi connectivity index (χ2v) is 11.9. The molecule has 38 heavy (non-hydrogen) atoms. The quantitative estimate of drug-likeness (QED) is 0.255. The van der Waals surface area contributed by atoms with Gasteiger partial charge in [-0.2, -0.15) is 4.72 Å². The van der Waals surface area contributed by atoms with E-state index >= 15 is 0 Å². The topological polar surface area (TPSA) is 143 Å². The fourth-order valence-corrected chi connectivity index (χ4v) is 6.75. The Morgan fingerprint density at radius 3 is 2.16 bits per heavy atom. The van der Waals surface area contributed by atoms with E-state index in [0.717, 1.165) is 20.2 Å². The molecule has 1 atom stereocenters. The minimum atomic E-state index is -4.04. The van der Waals surface area contributed by atoms with Crippen molar-refractivity contribution < 1.29 is 32.6 Å². The Bertz CT molecular complexity index is 1660. The number of aliphatic carboxylic acids is 1. The highest BCUT2D eigenvalue weighted by Crippen LogP contribution is 2.37. The van der Waals surface area contributed by atoms with Gasteiger partial charge in [0, 0.05) is 37.6 Å². The summed E-state index contributed by atoms with van der Waals surface area (Å²) in [6.07, 6.45) is 0. The molecule has 0 unspecified atom stereocenters. The lowest BCUT2D eigenvalue weighted by Crippen LogP contribution is -2.44. The summed E-state index contributed by atoms with van der Waals surface area (Å²) in [7, 11) is -4.04. The fourth-order valence-electron chi connectivity index (χ4n) is 4.12. The Morgan fingerprint density at radius 2 is 1.47 bits per heavy atom. The predicted molar refractivity (Wildman–Crippen MR) is 146 cm³/mol. The number of ether oxygens (including phenoxy) is 2. The summed E-state index contributed by atoms with van der Waals surface area (Å²) in [5, 5.41) is 16.7. The van der Waals surface area contributed by atoms with E-state index in [0.29, 0.717) is 36.1 Å².